The molecule has 2 rings (SSSR count). The summed E-state index contributed by atoms with van der Waals surface area (Å²) in [5, 5.41) is 0. The minimum atomic E-state index is 0.209. The second kappa shape index (κ2) is 4.58. The number of hydrogen-bond acceptors (Lipinski definition) is 3. The van der Waals surface area contributed by atoms with Crippen molar-refractivity contribution in [3.8, 4) is 0 Å². The smallest absolute Gasteiger partial charge is 0.128 e. The number of aryl methyl sites for hydroxylation is 1. The molecular formula is C13H20BrN3. The summed E-state index contributed by atoms with van der Waals surface area (Å²) in [6.45, 7) is 9.83. The van der Waals surface area contributed by atoms with Gasteiger partial charge in [0, 0.05) is 35.8 Å². The zero-order valence-electron chi connectivity index (χ0n) is 11.0. The standard InChI is InChI=1S/C13H20BrN3/c1-10-7-12(15-8-11(10)14)17-6-5-16(4)13(2,3)9-17/h7-8H,5-6,9H2,1-4H3. The van der Waals surface area contributed by atoms with Crippen LogP contribution in [0.5, 0.6) is 0 Å². The van der Waals surface area contributed by atoms with E-state index in [4.69, 9.17) is 0 Å². The maximum Gasteiger partial charge on any atom is 0.128 e. The third-order valence-electron chi connectivity index (χ3n) is 3.67. The fraction of sp³-hybridized carbons (Fsp3) is 0.615. The van der Waals surface area contributed by atoms with E-state index in [-0.39, 0.29) is 5.54 Å². The molecule has 0 amide bonds. The van der Waals surface area contributed by atoms with Crippen LogP contribution in [0.25, 0.3) is 0 Å². The summed E-state index contributed by atoms with van der Waals surface area (Å²) >= 11 is 3.50. The molecule has 3 nitrogen and oxygen atoms in total. The molecule has 1 fully saturated rings. The van der Waals surface area contributed by atoms with Gasteiger partial charge in [-0.3, -0.25) is 4.90 Å². The van der Waals surface area contributed by atoms with Crippen molar-refractivity contribution in [3.63, 3.8) is 0 Å². The van der Waals surface area contributed by atoms with Gasteiger partial charge >= 0.3 is 0 Å². The molecule has 1 aromatic rings. The van der Waals surface area contributed by atoms with Crippen molar-refractivity contribution < 1.29 is 0 Å². The van der Waals surface area contributed by atoms with Gasteiger partial charge in [-0.25, -0.2) is 4.98 Å². The molecule has 1 aliphatic rings. The Balaban J connectivity index is 2.21. The van der Waals surface area contributed by atoms with Crippen molar-refractivity contribution in [2.45, 2.75) is 26.3 Å². The highest BCUT2D eigenvalue weighted by Crippen LogP contribution is 2.25. The summed E-state index contributed by atoms with van der Waals surface area (Å²) in [6.07, 6.45) is 1.90. The lowest BCUT2D eigenvalue weighted by Gasteiger charge is -2.45. The number of pyridine rings is 1. The van der Waals surface area contributed by atoms with Crippen LogP contribution in [0, 0.1) is 6.92 Å². The molecule has 1 aromatic heterocycles. The van der Waals surface area contributed by atoms with Gasteiger partial charge in [-0.15, -0.1) is 0 Å². The molecule has 2 heterocycles. The first-order valence-electron chi connectivity index (χ1n) is 5.98. The van der Waals surface area contributed by atoms with Crippen LogP contribution in [-0.2, 0) is 0 Å². The van der Waals surface area contributed by atoms with Gasteiger partial charge < -0.3 is 4.90 Å². The summed E-state index contributed by atoms with van der Waals surface area (Å²) in [5.41, 5.74) is 1.45. The van der Waals surface area contributed by atoms with E-state index >= 15 is 0 Å². The number of halogens is 1. The molecule has 0 unspecified atom stereocenters. The Hall–Kier alpha value is -0.610. The maximum atomic E-state index is 4.51. The zero-order valence-corrected chi connectivity index (χ0v) is 12.6. The molecule has 1 saturated heterocycles. The third kappa shape index (κ3) is 2.63. The van der Waals surface area contributed by atoms with Crippen molar-refractivity contribution in [1.82, 2.24) is 9.88 Å². The van der Waals surface area contributed by atoms with Crippen molar-refractivity contribution in [1.29, 1.82) is 0 Å². The van der Waals surface area contributed by atoms with E-state index < -0.39 is 0 Å². The van der Waals surface area contributed by atoms with Crippen LogP contribution in [0.3, 0.4) is 0 Å². The van der Waals surface area contributed by atoms with E-state index in [0.29, 0.717) is 0 Å². The summed E-state index contributed by atoms with van der Waals surface area (Å²) in [7, 11) is 2.19. The van der Waals surface area contributed by atoms with Gasteiger partial charge in [-0.1, -0.05) is 0 Å². The Kier molecular flexibility index (Phi) is 3.46. The van der Waals surface area contributed by atoms with Crippen molar-refractivity contribution in [3.05, 3.63) is 22.3 Å². The highest BCUT2D eigenvalue weighted by atomic mass is 79.9. The van der Waals surface area contributed by atoms with Gasteiger partial charge in [0.1, 0.15) is 5.82 Å². The Morgan fingerprint density at radius 2 is 2.06 bits per heavy atom. The third-order valence-corrected chi connectivity index (χ3v) is 4.50. The number of hydrogen-bond donors (Lipinski definition) is 0. The number of rotatable bonds is 1. The molecule has 0 bridgehead atoms. The average molecular weight is 298 g/mol. The van der Waals surface area contributed by atoms with Crippen LogP contribution < -0.4 is 4.90 Å². The summed E-state index contributed by atoms with van der Waals surface area (Å²) < 4.78 is 1.08. The SMILES string of the molecule is Cc1cc(N2CCN(C)C(C)(C)C2)ncc1Br. The number of likely N-dealkylation sites (N-methyl/N-ethyl adjacent to an activating group) is 1. The van der Waals surface area contributed by atoms with Gasteiger partial charge in [0.25, 0.3) is 0 Å². The lowest BCUT2D eigenvalue weighted by molar-refractivity contribution is 0.138. The maximum absolute atomic E-state index is 4.51. The summed E-state index contributed by atoms with van der Waals surface area (Å²) in [4.78, 5) is 9.30. The monoisotopic (exact) mass is 297 g/mol. The molecule has 0 N–H and O–H groups in total. The highest BCUT2D eigenvalue weighted by Gasteiger charge is 2.31. The summed E-state index contributed by atoms with van der Waals surface area (Å²) in [6, 6.07) is 2.16. The molecule has 0 atom stereocenters. The molecule has 0 saturated carbocycles. The predicted molar refractivity (Wildman–Crippen MR) is 75.6 cm³/mol. The van der Waals surface area contributed by atoms with E-state index in [2.05, 4.69) is 64.6 Å². The predicted octanol–water partition coefficient (Wildman–Crippen LogP) is 2.68. The van der Waals surface area contributed by atoms with E-state index in [1.165, 1.54) is 5.56 Å². The van der Waals surface area contributed by atoms with E-state index in [1.54, 1.807) is 0 Å². The van der Waals surface area contributed by atoms with Gasteiger partial charge in [-0.05, 0) is 55.4 Å². The molecule has 0 aliphatic carbocycles. The Bertz CT molecular complexity index is 417. The Morgan fingerprint density at radius 1 is 1.35 bits per heavy atom. The summed E-state index contributed by atoms with van der Waals surface area (Å²) in [5.74, 6) is 1.09. The van der Waals surface area contributed by atoms with E-state index in [0.717, 1.165) is 29.9 Å². The van der Waals surface area contributed by atoms with E-state index in [9.17, 15) is 0 Å². The number of aromatic nitrogens is 1. The Morgan fingerprint density at radius 3 is 2.65 bits per heavy atom. The average Bonchev–Trinajstić information content (AvgIpc) is 2.26. The molecule has 4 heteroatoms. The zero-order chi connectivity index (χ0) is 12.6. The molecule has 94 valence electrons. The normalized spacial score (nSPS) is 20.6. The fourth-order valence-electron chi connectivity index (χ4n) is 2.13. The minimum absolute atomic E-state index is 0.209. The number of anilines is 1. The molecule has 0 spiro atoms. The van der Waals surface area contributed by atoms with Gasteiger partial charge in [0.15, 0.2) is 0 Å². The first-order valence-corrected chi connectivity index (χ1v) is 6.78. The van der Waals surface area contributed by atoms with Gasteiger partial charge in [0.05, 0.1) is 0 Å². The van der Waals surface area contributed by atoms with Crippen LogP contribution in [0.1, 0.15) is 19.4 Å². The van der Waals surface area contributed by atoms with Crippen LogP contribution in [0.2, 0.25) is 0 Å². The molecular weight excluding hydrogens is 278 g/mol. The van der Waals surface area contributed by atoms with Crippen LogP contribution >= 0.6 is 15.9 Å². The highest BCUT2D eigenvalue weighted by molar-refractivity contribution is 9.10. The first kappa shape index (κ1) is 12.8. The largest absolute Gasteiger partial charge is 0.353 e. The van der Waals surface area contributed by atoms with Gasteiger partial charge in [-0.2, -0.15) is 0 Å². The van der Waals surface area contributed by atoms with Crippen molar-refractivity contribution in [2.24, 2.45) is 0 Å². The van der Waals surface area contributed by atoms with Crippen LogP contribution in [-0.4, -0.2) is 42.1 Å². The van der Waals surface area contributed by atoms with Crippen LogP contribution in [0.15, 0.2) is 16.7 Å². The minimum Gasteiger partial charge on any atom is -0.353 e. The fourth-order valence-corrected chi connectivity index (χ4v) is 2.35. The number of nitrogens with zero attached hydrogens (tertiary/aromatic N) is 3. The van der Waals surface area contributed by atoms with Crippen molar-refractivity contribution in [2.75, 3.05) is 31.6 Å². The Labute approximate surface area is 112 Å². The topological polar surface area (TPSA) is 19.4 Å². The first-order chi connectivity index (χ1) is 7.90. The second-order valence-corrected chi connectivity index (χ2v) is 6.30. The van der Waals surface area contributed by atoms with Gasteiger partial charge in [0.2, 0.25) is 0 Å². The second-order valence-electron chi connectivity index (χ2n) is 5.45. The lowest BCUT2D eigenvalue weighted by atomic mass is 10.00. The quantitative estimate of drug-likeness (QED) is 0.794. The molecule has 0 aromatic carbocycles. The van der Waals surface area contributed by atoms with Crippen molar-refractivity contribution >= 4 is 21.7 Å². The molecule has 1 aliphatic heterocycles. The van der Waals surface area contributed by atoms with Crippen LogP contribution in [0.4, 0.5) is 5.82 Å². The molecule has 0 radical (unpaired) electrons. The lowest BCUT2D eigenvalue weighted by Crippen LogP contribution is -2.57. The molecule has 17 heavy (non-hydrogen) atoms. The van der Waals surface area contributed by atoms with E-state index in [1.807, 2.05) is 6.20 Å². The number of piperazine rings is 1.